The van der Waals surface area contributed by atoms with Crippen molar-refractivity contribution in [2.24, 2.45) is 0 Å². The Morgan fingerprint density at radius 2 is 2.14 bits per heavy atom. The van der Waals surface area contributed by atoms with Gasteiger partial charge in [0.2, 0.25) is 0 Å². The summed E-state index contributed by atoms with van der Waals surface area (Å²) in [5.74, 6) is 0.738. The molecular weight excluding hydrogens is 402 g/mol. The second-order valence-corrected chi connectivity index (χ2v) is 8.61. The van der Waals surface area contributed by atoms with Gasteiger partial charge in [-0.1, -0.05) is 6.07 Å². The van der Waals surface area contributed by atoms with Gasteiger partial charge < -0.3 is 20.3 Å². The molecule has 3 N–H and O–H groups in total. The Labute approximate surface area is 170 Å². The molecule has 1 aliphatic carbocycles. The van der Waals surface area contributed by atoms with Crippen molar-refractivity contribution >= 4 is 39.9 Å². The second kappa shape index (κ2) is 6.93. The van der Waals surface area contributed by atoms with E-state index in [0.29, 0.717) is 17.0 Å². The highest BCUT2D eigenvalue weighted by Crippen LogP contribution is 2.50. The molecule has 4 atom stereocenters. The molecule has 3 aromatic heterocycles. The molecule has 0 spiro atoms. The normalized spacial score (nSPS) is 28.7. The van der Waals surface area contributed by atoms with Crippen LogP contribution in [-0.2, 0) is 10.2 Å². The maximum Gasteiger partial charge on any atom is 0.167 e. The quantitative estimate of drug-likeness (QED) is 0.522. The highest BCUT2D eigenvalue weighted by molar-refractivity contribution is 7.10. The van der Waals surface area contributed by atoms with Gasteiger partial charge in [-0.2, -0.15) is 0 Å². The molecule has 1 saturated carbocycles. The SMILES string of the molecule is OC1C(O)[C@@H](CCl)O[C@H]1n1cnc2c(NCC3(c4cccs4)CC3)ncnc21. The minimum absolute atomic E-state index is 0.0912. The van der Waals surface area contributed by atoms with E-state index in [1.807, 2.05) is 0 Å². The third-order valence-corrected chi connectivity index (χ3v) is 7.03. The van der Waals surface area contributed by atoms with E-state index in [1.165, 1.54) is 11.2 Å². The van der Waals surface area contributed by atoms with Crippen LogP contribution in [0.1, 0.15) is 23.9 Å². The number of anilines is 1. The minimum atomic E-state index is -1.11. The second-order valence-electron chi connectivity index (χ2n) is 7.36. The van der Waals surface area contributed by atoms with Gasteiger partial charge >= 0.3 is 0 Å². The van der Waals surface area contributed by atoms with Crippen LogP contribution in [0.15, 0.2) is 30.2 Å². The number of aliphatic hydroxyl groups is 2. The molecule has 8 nitrogen and oxygen atoms in total. The van der Waals surface area contributed by atoms with Crippen LogP contribution < -0.4 is 5.32 Å². The first-order valence-electron chi connectivity index (χ1n) is 9.16. The molecule has 148 valence electrons. The fraction of sp³-hybridized carbons (Fsp3) is 0.500. The van der Waals surface area contributed by atoms with Crippen molar-refractivity contribution < 1.29 is 14.9 Å². The van der Waals surface area contributed by atoms with Crippen LogP contribution >= 0.6 is 22.9 Å². The van der Waals surface area contributed by atoms with Crippen LogP contribution in [0.25, 0.3) is 11.2 Å². The van der Waals surface area contributed by atoms with E-state index in [2.05, 4.69) is 37.8 Å². The van der Waals surface area contributed by atoms with Crippen LogP contribution in [0.5, 0.6) is 0 Å². The Morgan fingerprint density at radius 1 is 1.29 bits per heavy atom. The summed E-state index contributed by atoms with van der Waals surface area (Å²) in [6, 6.07) is 4.27. The van der Waals surface area contributed by atoms with E-state index in [4.69, 9.17) is 16.3 Å². The van der Waals surface area contributed by atoms with Crippen LogP contribution in [0.4, 0.5) is 5.82 Å². The third kappa shape index (κ3) is 2.89. The Bertz CT molecular complexity index is 977. The topological polar surface area (TPSA) is 105 Å². The number of ether oxygens (including phenoxy) is 1. The van der Waals surface area contributed by atoms with Crippen LogP contribution in [0.2, 0.25) is 0 Å². The fourth-order valence-corrected chi connectivity index (χ4v) is 4.99. The number of hydrogen-bond acceptors (Lipinski definition) is 8. The molecular formula is C18H20ClN5O3S. The molecule has 0 amide bonds. The zero-order chi connectivity index (χ0) is 19.3. The molecule has 1 aliphatic heterocycles. The number of thiophene rings is 1. The van der Waals surface area contributed by atoms with Gasteiger partial charge in [0.05, 0.1) is 12.2 Å². The largest absolute Gasteiger partial charge is 0.387 e. The fourth-order valence-electron chi connectivity index (χ4n) is 3.75. The van der Waals surface area contributed by atoms with Crippen molar-refractivity contribution in [1.29, 1.82) is 0 Å². The van der Waals surface area contributed by atoms with Crippen molar-refractivity contribution in [1.82, 2.24) is 19.5 Å². The lowest BCUT2D eigenvalue weighted by atomic mass is 10.1. The van der Waals surface area contributed by atoms with Gasteiger partial charge in [0.25, 0.3) is 0 Å². The van der Waals surface area contributed by atoms with E-state index in [-0.39, 0.29) is 11.3 Å². The smallest absolute Gasteiger partial charge is 0.167 e. The number of fused-ring (bicyclic) bond motifs is 1. The van der Waals surface area contributed by atoms with Crippen LogP contribution in [0.3, 0.4) is 0 Å². The molecule has 28 heavy (non-hydrogen) atoms. The van der Waals surface area contributed by atoms with Crippen molar-refractivity contribution in [2.75, 3.05) is 17.7 Å². The number of nitrogens with one attached hydrogen (secondary N) is 1. The number of nitrogens with zero attached hydrogens (tertiary/aromatic N) is 4. The van der Waals surface area contributed by atoms with Gasteiger partial charge in [-0.3, -0.25) is 4.57 Å². The monoisotopic (exact) mass is 421 g/mol. The summed E-state index contributed by atoms with van der Waals surface area (Å²) in [4.78, 5) is 14.5. The van der Waals surface area contributed by atoms with Gasteiger partial charge in [0, 0.05) is 16.8 Å². The average molecular weight is 422 g/mol. The van der Waals surface area contributed by atoms with Crippen LogP contribution in [0, 0.1) is 0 Å². The predicted octanol–water partition coefficient (Wildman–Crippen LogP) is 1.89. The molecule has 1 saturated heterocycles. The average Bonchev–Trinajstić information content (AvgIpc) is 3.06. The summed E-state index contributed by atoms with van der Waals surface area (Å²) >= 11 is 7.60. The van der Waals surface area contributed by atoms with E-state index < -0.39 is 24.5 Å². The van der Waals surface area contributed by atoms with Crippen molar-refractivity contribution in [3.8, 4) is 0 Å². The van der Waals surface area contributed by atoms with E-state index in [1.54, 1.807) is 22.2 Å². The minimum Gasteiger partial charge on any atom is -0.387 e. The zero-order valence-electron chi connectivity index (χ0n) is 14.9. The number of aliphatic hydroxyl groups excluding tert-OH is 2. The molecule has 0 aromatic carbocycles. The first-order chi connectivity index (χ1) is 13.6. The first kappa shape index (κ1) is 18.3. The lowest BCUT2D eigenvalue weighted by Gasteiger charge is -2.17. The molecule has 2 fully saturated rings. The maximum absolute atomic E-state index is 10.3. The van der Waals surface area contributed by atoms with E-state index in [0.717, 1.165) is 19.4 Å². The molecule has 5 rings (SSSR count). The Balaban J connectivity index is 1.40. The molecule has 10 heteroatoms. The summed E-state index contributed by atoms with van der Waals surface area (Å²) in [7, 11) is 0. The summed E-state index contributed by atoms with van der Waals surface area (Å²) in [5, 5.41) is 26.0. The molecule has 2 unspecified atom stereocenters. The van der Waals surface area contributed by atoms with Crippen molar-refractivity contribution in [3.05, 3.63) is 35.0 Å². The van der Waals surface area contributed by atoms with Gasteiger partial charge in [-0.25, -0.2) is 15.0 Å². The Morgan fingerprint density at radius 3 is 2.82 bits per heavy atom. The Kier molecular flexibility index (Phi) is 4.52. The van der Waals surface area contributed by atoms with E-state index >= 15 is 0 Å². The van der Waals surface area contributed by atoms with Crippen LogP contribution in [-0.4, -0.2) is 60.5 Å². The molecule has 4 heterocycles. The van der Waals surface area contributed by atoms with Crippen molar-refractivity contribution in [2.45, 2.75) is 42.8 Å². The summed E-state index contributed by atoms with van der Waals surface area (Å²) in [6.45, 7) is 0.780. The molecule has 2 aliphatic rings. The highest BCUT2D eigenvalue weighted by atomic mass is 35.5. The van der Waals surface area contributed by atoms with Gasteiger partial charge in [-0.05, 0) is 24.3 Å². The lowest BCUT2D eigenvalue weighted by molar-refractivity contribution is -0.0291. The molecule has 0 radical (unpaired) electrons. The maximum atomic E-state index is 10.3. The highest BCUT2D eigenvalue weighted by Gasteiger charge is 2.45. The number of aromatic nitrogens is 4. The Hall–Kier alpha value is -1.78. The summed E-state index contributed by atoms with van der Waals surface area (Å²) < 4.78 is 7.33. The summed E-state index contributed by atoms with van der Waals surface area (Å²) in [6.07, 6.45) is 1.72. The standard InChI is InChI=1S/C18H20ClN5O3S/c19-6-10-13(25)14(26)17(27-10)24-9-23-12-15(21-8-22-16(12)24)20-7-18(3-4-18)11-2-1-5-28-11/h1-2,5,8-10,13-14,17,25-26H,3-4,6-7H2,(H,20,21,22)/t10-,13?,14?,17-/m1/s1. The zero-order valence-corrected chi connectivity index (χ0v) is 16.5. The van der Waals surface area contributed by atoms with Crippen molar-refractivity contribution in [3.63, 3.8) is 0 Å². The van der Waals surface area contributed by atoms with Gasteiger partial charge in [0.15, 0.2) is 23.2 Å². The molecule has 0 bridgehead atoms. The first-order valence-corrected chi connectivity index (χ1v) is 10.6. The number of imidazole rings is 1. The number of alkyl halides is 1. The lowest BCUT2D eigenvalue weighted by Crippen LogP contribution is -2.32. The van der Waals surface area contributed by atoms with E-state index in [9.17, 15) is 10.2 Å². The number of halogens is 1. The van der Waals surface area contributed by atoms with Gasteiger partial charge in [0.1, 0.15) is 24.6 Å². The van der Waals surface area contributed by atoms with Gasteiger partial charge in [-0.15, -0.1) is 22.9 Å². The third-order valence-electron chi connectivity index (χ3n) is 5.61. The molecule has 3 aromatic rings. The number of rotatable bonds is 6. The number of hydrogen-bond donors (Lipinski definition) is 3. The predicted molar refractivity (Wildman–Crippen MR) is 106 cm³/mol. The summed E-state index contributed by atoms with van der Waals surface area (Å²) in [5.41, 5.74) is 1.31.